The lowest BCUT2D eigenvalue weighted by Gasteiger charge is -2.44. The lowest BCUT2D eigenvalue weighted by Crippen LogP contribution is -2.40. The average molecular weight is 506 g/mol. The fraction of sp³-hybridized carbons (Fsp3) is 0.562. The van der Waals surface area contributed by atoms with Crippen molar-refractivity contribution >= 4 is 11.7 Å². The predicted molar refractivity (Wildman–Crippen MR) is 149 cm³/mol. The van der Waals surface area contributed by atoms with E-state index in [2.05, 4.69) is 40.8 Å². The molecule has 1 N–H and O–H groups in total. The van der Waals surface area contributed by atoms with Crippen molar-refractivity contribution < 1.29 is 19.5 Å². The Bertz CT molecular complexity index is 997. The molecule has 37 heavy (non-hydrogen) atoms. The Balaban J connectivity index is 1.49. The van der Waals surface area contributed by atoms with Gasteiger partial charge in [-0.05, 0) is 63.5 Å². The number of oxime groups is 1. The van der Waals surface area contributed by atoms with E-state index in [0.717, 1.165) is 69.1 Å². The van der Waals surface area contributed by atoms with Gasteiger partial charge < -0.3 is 14.7 Å². The molecule has 2 unspecified atom stereocenters. The zero-order valence-corrected chi connectivity index (χ0v) is 22.6. The van der Waals surface area contributed by atoms with Crippen molar-refractivity contribution in [2.45, 2.75) is 90.1 Å². The number of ether oxygens (including phenoxy) is 1. The summed E-state index contributed by atoms with van der Waals surface area (Å²) in [5, 5.41) is 15.5. The van der Waals surface area contributed by atoms with Crippen molar-refractivity contribution in [1.29, 1.82) is 0 Å². The van der Waals surface area contributed by atoms with Gasteiger partial charge in [-0.3, -0.25) is 4.79 Å². The van der Waals surface area contributed by atoms with E-state index in [1.165, 1.54) is 20.0 Å². The molecular weight excluding hydrogens is 462 g/mol. The molecule has 5 heteroatoms. The molecule has 0 bridgehead atoms. The van der Waals surface area contributed by atoms with E-state index in [1.807, 2.05) is 42.5 Å². The minimum absolute atomic E-state index is 0.0429. The number of benzene rings is 1. The standard InChI is InChI=1S/C32H43NO4/c1-31(21-10-7-18-28(31)33-37-26-13-9-20-30(35)36-2)22-11-8-19-29(34)32(24-14-25-32)23-12-6-17-27-15-4-3-5-16-27/h3-5,8,11,15-16,19,22,29,34H,7,9-10,12-14,18,20-21,23-26H2,1-2H3/b19-8+,22-11+,33-28+. The molecule has 2 fully saturated rings. The Morgan fingerprint density at radius 2 is 1.95 bits per heavy atom. The maximum atomic E-state index is 11.2. The lowest BCUT2D eigenvalue weighted by atomic mass is 9.62. The third-order valence-corrected chi connectivity index (χ3v) is 7.89. The molecule has 2 aliphatic carbocycles. The lowest BCUT2D eigenvalue weighted by molar-refractivity contribution is -0.140. The van der Waals surface area contributed by atoms with Gasteiger partial charge in [0.05, 0.1) is 18.9 Å². The Kier molecular flexibility index (Phi) is 11.5. The summed E-state index contributed by atoms with van der Waals surface area (Å²) in [6.07, 6.45) is 18.9. The van der Waals surface area contributed by atoms with Crippen LogP contribution in [0, 0.1) is 22.7 Å². The van der Waals surface area contributed by atoms with Crippen LogP contribution in [0.1, 0.15) is 89.5 Å². The number of aliphatic hydroxyl groups is 1. The van der Waals surface area contributed by atoms with Crippen LogP contribution in [-0.4, -0.2) is 36.6 Å². The Hall–Kier alpha value is -2.84. The van der Waals surface area contributed by atoms with E-state index in [0.29, 0.717) is 13.0 Å². The second-order valence-electron chi connectivity index (χ2n) is 10.6. The Morgan fingerprint density at radius 3 is 2.68 bits per heavy atom. The summed E-state index contributed by atoms with van der Waals surface area (Å²) in [6.45, 7) is 2.72. The molecule has 0 spiro atoms. The molecule has 3 rings (SSSR count). The van der Waals surface area contributed by atoms with E-state index >= 15 is 0 Å². The summed E-state index contributed by atoms with van der Waals surface area (Å²) >= 11 is 0. The van der Waals surface area contributed by atoms with Crippen LogP contribution in [-0.2, 0) is 14.4 Å². The number of carbonyl (C=O) groups is 1. The van der Waals surface area contributed by atoms with Gasteiger partial charge in [0.15, 0.2) is 0 Å². The van der Waals surface area contributed by atoms with Gasteiger partial charge in [-0.1, -0.05) is 79.3 Å². The smallest absolute Gasteiger partial charge is 0.305 e. The minimum atomic E-state index is -0.454. The number of unbranched alkanes of at least 4 members (excludes halogenated alkanes) is 1. The Labute approximate surface area is 223 Å². The fourth-order valence-electron chi connectivity index (χ4n) is 5.17. The van der Waals surface area contributed by atoms with Crippen LogP contribution in [0.15, 0.2) is 59.8 Å². The second kappa shape index (κ2) is 14.8. The summed E-state index contributed by atoms with van der Waals surface area (Å²) in [5.74, 6) is 6.34. The maximum absolute atomic E-state index is 11.2. The van der Waals surface area contributed by atoms with Crippen LogP contribution >= 0.6 is 0 Å². The molecule has 2 atom stereocenters. The molecule has 1 aromatic carbocycles. The molecule has 0 heterocycles. The highest BCUT2D eigenvalue weighted by Crippen LogP contribution is 2.48. The largest absolute Gasteiger partial charge is 0.469 e. The zero-order valence-electron chi connectivity index (χ0n) is 22.6. The number of methoxy groups -OCH3 is 1. The van der Waals surface area contributed by atoms with Gasteiger partial charge in [0.1, 0.15) is 6.61 Å². The molecule has 0 aromatic heterocycles. The number of aliphatic hydroxyl groups excluding tert-OH is 1. The molecule has 0 amide bonds. The van der Waals surface area contributed by atoms with Gasteiger partial charge >= 0.3 is 5.97 Å². The Morgan fingerprint density at radius 1 is 1.14 bits per heavy atom. The van der Waals surface area contributed by atoms with Gasteiger partial charge in [0.2, 0.25) is 0 Å². The number of rotatable bonds is 12. The van der Waals surface area contributed by atoms with Crippen LogP contribution in [0.4, 0.5) is 0 Å². The van der Waals surface area contributed by atoms with E-state index in [-0.39, 0.29) is 16.8 Å². The van der Waals surface area contributed by atoms with Crippen molar-refractivity contribution in [3.8, 4) is 11.8 Å². The number of nitrogens with zero attached hydrogens (tertiary/aromatic N) is 1. The number of hydrogen-bond donors (Lipinski definition) is 1. The van der Waals surface area contributed by atoms with E-state index in [4.69, 9.17) is 4.84 Å². The molecule has 2 saturated carbocycles. The number of hydrogen-bond acceptors (Lipinski definition) is 5. The highest BCUT2D eigenvalue weighted by Gasteiger charge is 2.41. The van der Waals surface area contributed by atoms with Crippen LogP contribution in [0.25, 0.3) is 0 Å². The molecule has 0 saturated heterocycles. The highest BCUT2D eigenvalue weighted by molar-refractivity contribution is 5.91. The third kappa shape index (κ3) is 8.90. The predicted octanol–water partition coefficient (Wildman–Crippen LogP) is 6.76. The van der Waals surface area contributed by atoms with Gasteiger partial charge in [-0.2, -0.15) is 0 Å². The van der Waals surface area contributed by atoms with E-state index in [1.54, 1.807) is 0 Å². The highest BCUT2D eigenvalue weighted by atomic mass is 16.6. The molecule has 5 nitrogen and oxygen atoms in total. The molecule has 200 valence electrons. The van der Waals surface area contributed by atoms with Gasteiger partial charge in [-0.25, -0.2) is 0 Å². The zero-order chi connectivity index (χ0) is 26.4. The second-order valence-corrected chi connectivity index (χ2v) is 10.6. The summed E-state index contributed by atoms with van der Waals surface area (Å²) in [5.41, 5.74) is 1.93. The summed E-state index contributed by atoms with van der Waals surface area (Å²) in [7, 11) is 1.41. The van der Waals surface area contributed by atoms with Crippen molar-refractivity contribution in [3.05, 3.63) is 60.2 Å². The van der Waals surface area contributed by atoms with Crippen molar-refractivity contribution in [2.75, 3.05) is 13.7 Å². The van der Waals surface area contributed by atoms with Gasteiger partial charge in [0.25, 0.3) is 0 Å². The van der Waals surface area contributed by atoms with Gasteiger partial charge in [0, 0.05) is 29.2 Å². The summed E-state index contributed by atoms with van der Waals surface area (Å²) in [4.78, 5) is 16.8. The van der Waals surface area contributed by atoms with Crippen molar-refractivity contribution in [1.82, 2.24) is 0 Å². The SMILES string of the molecule is COC(=O)CCCCO/N=C1\CCCCC1(C)/C=C/C=C/C(O)C1(CCC#Cc2ccccc2)CCC1. The molecular formula is C32H43NO4. The van der Waals surface area contributed by atoms with Crippen LogP contribution in [0.2, 0.25) is 0 Å². The van der Waals surface area contributed by atoms with Crippen molar-refractivity contribution in [3.63, 3.8) is 0 Å². The van der Waals surface area contributed by atoms with E-state index < -0.39 is 6.10 Å². The van der Waals surface area contributed by atoms with Crippen LogP contribution < -0.4 is 0 Å². The van der Waals surface area contributed by atoms with Crippen LogP contribution in [0.3, 0.4) is 0 Å². The maximum Gasteiger partial charge on any atom is 0.305 e. The number of carbonyl (C=O) groups excluding carboxylic acids is 1. The van der Waals surface area contributed by atoms with E-state index in [9.17, 15) is 9.90 Å². The minimum Gasteiger partial charge on any atom is -0.469 e. The van der Waals surface area contributed by atoms with Crippen LogP contribution in [0.5, 0.6) is 0 Å². The third-order valence-electron chi connectivity index (χ3n) is 7.89. The molecule has 1 aromatic rings. The normalized spacial score (nSPS) is 22.8. The van der Waals surface area contributed by atoms with Crippen molar-refractivity contribution in [2.24, 2.45) is 16.0 Å². The first-order valence-corrected chi connectivity index (χ1v) is 13.8. The number of allylic oxidation sites excluding steroid dienone is 3. The molecule has 0 radical (unpaired) electrons. The quantitative estimate of drug-likeness (QED) is 0.112. The average Bonchev–Trinajstić information content (AvgIpc) is 2.89. The first-order chi connectivity index (χ1) is 18.0. The van der Waals surface area contributed by atoms with Gasteiger partial charge in [-0.15, -0.1) is 0 Å². The monoisotopic (exact) mass is 505 g/mol. The molecule has 0 aliphatic heterocycles. The molecule has 2 aliphatic rings. The first kappa shape index (κ1) is 28.7. The summed E-state index contributed by atoms with van der Waals surface area (Å²) in [6, 6.07) is 10.1. The fourth-order valence-corrected chi connectivity index (χ4v) is 5.17. The summed E-state index contributed by atoms with van der Waals surface area (Å²) < 4.78 is 4.66. The topological polar surface area (TPSA) is 68.1 Å². The first-order valence-electron chi connectivity index (χ1n) is 13.8. The number of esters is 1.